The van der Waals surface area contributed by atoms with Gasteiger partial charge in [-0.05, 0) is 116 Å². The van der Waals surface area contributed by atoms with Crippen LogP contribution in [-0.2, 0) is 9.59 Å². The van der Waals surface area contributed by atoms with Crippen LogP contribution < -0.4 is 13.7 Å². The monoisotopic (exact) mass is 652 g/mol. The molecule has 0 saturated carbocycles. The van der Waals surface area contributed by atoms with Gasteiger partial charge in [-0.1, -0.05) is 36.8 Å². The highest BCUT2D eigenvalue weighted by molar-refractivity contribution is 14.1. The molecule has 6 nitrogen and oxygen atoms in total. The molecule has 0 heterocycles. The Kier molecular flexibility index (Phi) is 11.9. The predicted octanol–water partition coefficient (Wildman–Crippen LogP) is 6.90. The molecule has 40 heavy (non-hydrogen) atoms. The summed E-state index contributed by atoms with van der Waals surface area (Å²) in [5.74, 6) is 0.631. The molecule has 210 valence electrons. The van der Waals surface area contributed by atoms with Crippen LogP contribution in [0.25, 0.3) is 5.57 Å². The van der Waals surface area contributed by atoms with Crippen molar-refractivity contribution < 1.29 is 17.4 Å². The number of carbonyl (C=O) groups excluding carboxylic acids is 3. The van der Waals surface area contributed by atoms with E-state index >= 15 is 0 Å². The summed E-state index contributed by atoms with van der Waals surface area (Å²) in [5, 5.41) is 5.88. The first-order chi connectivity index (χ1) is 19.2. The molecule has 0 unspecified atom stereocenters. The van der Waals surface area contributed by atoms with E-state index in [1.54, 1.807) is 12.2 Å². The van der Waals surface area contributed by atoms with Crippen LogP contribution in [0, 0.1) is 13.8 Å². The fourth-order valence-corrected chi connectivity index (χ4v) is 4.89. The molecule has 0 radical (unpaired) electrons. The first kappa shape index (κ1) is 31.1. The zero-order chi connectivity index (χ0) is 29.1. The maximum Gasteiger partial charge on any atom is 0.251 e. The molecule has 1 aliphatic rings. The SMILES string of the molecule is C/C=C/CNC(=O)CCCCCNC(=O)c1ccc(C)c(/C(=C2\C=CC(=O)C=C2C)c2ccc(OI)cc2C)c1. The summed E-state index contributed by atoms with van der Waals surface area (Å²) in [6.07, 6.45) is 11.8. The van der Waals surface area contributed by atoms with E-state index in [1.165, 1.54) is 0 Å². The molecule has 0 aliphatic heterocycles. The van der Waals surface area contributed by atoms with E-state index in [2.05, 4.69) is 10.6 Å². The third kappa shape index (κ3) is 8.52. The Bertz CT molecular complexity index is 1380. The average molecular weight is 653 g/mol. The topological polar surface area (TPSA) is 84.5 Å². The van der Waals surface area contributed by atoms with Crippen LogP contribution in [0.4, 0.5) is 0 Å². The Morgan fingerprint density at radius 2 is 1.73 bits per heavy atom. The zero-order valence-electron chi connectivity index (χ0n) is 23.6. The predicted molar refractivity (Wildman–Crippen MR) is 170 cm³/mol. The lowest BCUT2D eigenvalue weighted by Gasteiger charge is -2.21. The van der Waals surface area contributed by atoms with E-state index in [9.17, 15) is 14.4 Å². The Balaban J connectivity index is 1.79. The number of aryl methyl sites for hydroxylation is 2. The summed E-state index contributed by atoms with van der Waals surface area (Å²) in [5.41, 5.74) is 7.36. The standard InChI is InChI=1S/C33H37IN2O4/c1-5-6-17-35-31(38)10-8-7-9-18-36-33(39)25-12-11-22(2)30(21-25)32(28-15-13-26(37)19-23(28)3)29-16-14-27(40-34)20-24(29)4/h5-6,11-16,19-21H,7-10,17-18H2,1-4H3,(H,35,38)(H,36,39)/b6-5+,32-28+. The quantitative estimate of drug-likeness (QED) is 0.149. The second-order valence-electron chi connectivity index (χ2n) is 9.87. The molecule has 0 bridgehead atoms. The number of ketones is 1. The molecule has 2 aromatic rings. The molecule has 0 atom stereocenters. The maximum atomic E-state index is 13.1. The molecule has 0 saturated heterocycles. The number of hydrogen-bond acceptors (Lipinski definition) is 4. The van der Waals surface area contributed by atoms with Gasteiger partial charge in [-0.2, -0.15) is 0 Å². The summed E-state index contributed by atoms with van der Waals surface area (Å²) >= 11 is 1.87. The minimum absolute atomic E-state index is 0.0369. The van der Waals surface area contributed by atoms with Crippen molar-refractivity contribution in [2.45, 2.75) is 53.4 Å². The van der Waals surface area contributed by atoms with Crippen LogP contribution in [0.3, 0.4) is 0 Å². The second kappa shape index (κ2) is 15.4. The van der Waals surface area contributed by atoms with E-state index in [0.29, 0.717) is 25.1 Å². The molecule has 2 amide bonds. The third-order valence-corrected chi connectivity index (χ3v) is 7.32. The number of allylic oxidation sites excluding steroid dienone is 6. The van der Waals surface area contributed by atoms with Crippen molar-refractivity contribution in [2.24, 2.45) is 0 Å². The second-order valence-corrected chi connectivity index (χ2v) is 10.3. The molecule has 3 rings (SSSR count). The average Bonchev–Trinajstić information content (AvgIpc) is 2.93. The summed E-state index contributed by atoms with van der Waals surface area (Å²) in [7, 11) is 0. The molecular weight excluding hydrogens is 615 g/mol. The number of carbonyl (C=O) groups is 3. The van der Waals surface area contributed by atoms with E-state index in [0.717, 1.165) is 64.0 Å². The van der Waals surface area contributed by atoms with Gasteiger partial charge in [0.25, 0.3) is 5.91 Å². The normalized spacial score (nSPS) is 14.2. The van der Waals surface area contributed by atoms with Gasteiger partial charge in [0, 0.05) is 25.1 Å². The summed E-state index contributed by atoms with van der Waals surface area (Å²) < 4.78 is 5.39. The molecule has 2 N–H and O–H groups in total. The summed E-state index contributed by atoms with van der Waals surface area (Å²) in [6.45, 7) is 9.02. The Labute approximate surface area is 251 Å². The fourth-order valence-electron chi connectivity index (χ4n) is 4.62. The van der Waals surface area contributed by atoms with Crippen molar-refractivity contribution in [2.75, 3.05) is 13.1 Å². The first-order valence-corrected chi connectivity index (χ1v) is 14.4. The molecule has 2 aromatic carbocycles. The van der Waals surface area contributed by atoms with Crippen LogP contribution in [0.2, 0.25) is 0 Å². The van der Waals surface area contributed by atoms with Gasteiger partial charge in [-0.15, -0.1) is 0 Å². The van der Waals surface area contributed by atoms with Gasteiger partial charge in [0.05, 0.1) is 0 Å². The van der Waals surface area contributed by atoms with E-state index < -0.39 is 0 Å². The van der Waals surface area contributed by atoms with Crippen molar-refractivity contribution >= 4 is 46.2 Å². The van der Waals surface area contributed by atoms with Crippen molar-refractivity contribution in [1.29, 1.82) is 0 Å². The Hall–Kier alpha value is -3.46. The van der Waals surface area contributed by atoms with E-state index in [1.807, 2.05) is 105 Å². The lowest BCUT2D eigenvalue weighted by atomic mass is 9.83. The van der Waals surface area contributed by atoms with Gasteiger partial charge in [-0.25, -0.2) is 0 Å². The van der Waals surface area contributed by atoms with Crippen molar-refractivity contribution in [1.82, 2.24) is 10.6 Å². The Morgan fingerprint density at radius 3 is 2.42 bits per heavy atom. The van der Waals surface area contributed by atoms with Gasteiger partial charge in [0.1, 0.15) is 5.75 Å². The maximum absolute atomic E-state index is 13.1. The van der Waals surface area contributed by atoms with Crippen molar-refractivity contribution in [3.05, 3.63) is 106 Å². The number of hydrogen-bond donors (Lipinski definition) is 2. The molecule has 0 spiro atoms. The van der Waals surface area contributed by atoms with Gasteiger partial charge in [0.15, 0.2) is 28.8 Å². The van der Waals surface area contributed by atoms with E-state index in [-0.39, 0.29) is 17.6 Å². The smallest absolute Gasteiger partial charge is 0.251 e. The number of amides is 2. The van der Waals surface area contributed by atoms with Gasteiger partial charge < -0.3 is 13.7 Å². The zero-order valence-corrected chi connectivity index (χ0v) is 25.8. The number of halogens is 1. The van der Waals surface area contributed by atoms with Crippen LogP contribution >= 0.6 is 23.0 Å². The highest BCUT2D eigenvalue weighted by atomic mass is 127. The molecule has 0 aromatic heterocycles. The highest BCUT2D eigenvalue weighted by Crippen LogP contribution is 2.37. The summed E-state index contributed by atoms with van der Waals surface area (Å²) in [6, 6.07) is 11.7. The third-order valence-electron chi connectivity index (χ3n) is 6.81. The number of benzene rings is 2. The first-order valence-electron chi connectivity index (χ1n) is 13.6. The van der Waals surface area contributed by atoms with Crippen LogP contribution in [0.5, 0.6) is 5.75 Å². The number of unbranched alkanes of at least 4 members (excludes halogenated alkanes) is 2. The molecule has 0 fully saturated rings. The number of rotatable bonds is 12. The van der Waals surface area contributed by atoms with Crippen LogP contribution in [0.15, 0.2) is 77.9 Å². The lowest BCUT2D eigenvalue weighted by molar-refractivity contribution is -0.121. The molecule has 1 aliphatic carbocycles. The van der Waals surface area contributed by atoms with Crippen molar-refractivity contribution in [3.8, 4) is 5.75 Å². The minimum Gasteiger partial charge on any atom is -0.428 e. The molecular formula is C33H37IN2O4. The van der Waals surface area contributed by atoms with Crippen molar-refractivity contribution in [3.63, 3.8) is 0 Å². The summed E-state index contributed by atoms with van der Waals surface area (Å²) in [4.78, 5) is 37.0. The number of nitrogens with one attached hydrogen (secondary N) is 2. The van der Waals surface area contributed by atoms with Gasteiger partial charge in [-0.3, -0.25) is 14.4 Å². The largest absolute Gasteiger partial charge is 0.428 e. The van der Waals surface area contributed by atoms with Gasteiger partial charge >= 0.3 is 0 Å². The van der Waals surface area contributed by atoms with Crippen LogP contribution in [0.1, 0.15) is 72.1 Å². The Morgan fingerprint density at radius 1 is 0.925 bits per heavy atom. The lowest BCUT2D eigenvalue weighted by Crippen LogP contribution is -2.25. The van der Waals surface area contributed by atoms with E-state index in [4.69, 9.17) is 3.07 Å². The highest BCUT2D eigenvalue weighted by Gasteiger charge is 2.20. The fraction of sp³-hybridized carbons (Fsp3) is 0.303. The molecule has 7 heteroatoms. The minimum atomic E-state index is -0.137. The van der Waals surface area contributed by atoms with Gasteiger partial charge in [0.2, 0.25) is 5.91 Å². The van der Waals surface area contributed by atoms with Crippen LogP contribution in [-0.4, -0.2) is 30.7 Å².